The van der Waals surface area contributed by atoms with E-state index in [1.807, 2.05) is 0 Å². The minimum absolute atomic E-state index is 0.0224. The number of nitrogens with zero attached hydrogens (tertiary/aromatic N) is 3. The Bertz CT molecular complexity index is 666. The van der Waals surface area contributed by atoms with Crippen LogP contribution in [-0.4, -0.2) is 44.8 Å². The Kier molecular flexibility index (Phi) is 5.24. The summed E-state index contributed by atoms with van der Waals surface area (Å²) in [5.41, 5.74) is -0.905. The van der Waals surface area contributed by atoms with Crippen LogP contribution in [0, 0.1) is 11.8 Å². The van der Waals surface area contributed by atoms with E-state index >= 15 is 0 Å². The molecular weight excluding hydrogens is 351 g/mol. The van der Waals surface area contributed by atoms with E-state index in [1.54, 1.807) is 4.90 Å². The molecule has 1 aliphatic carbocycles. The van der Waals surface area contributed by atoms with Crippen molar-refractivity contribution in [2.75, 3.05) is 13.1 Å². The fourth-order valence-corrected chi connectivity index (χ4v) is 3.94. The van der Waals surface area contributed by atoms with Gasteiger partial charge in [-0.2, -0.15) is 18.3 Å². The molecule has 1 aliphatic heterocycles. The van der Waals surface area contributed by atoms with Crippen LogP contribution in [0.15, 0.2) is 12.3 Å². The number of rotatable bonds is 3. The van der Waals surface area contributed by atoms with Crippen LogP contribution >= 0.6 is 0 Å². The monoisotopic (exact) mass is 373 g/mol. The second kappa shape index (κ2) is 7.28. The van der Waals surface area contributed by atoms with Crippen molar-refractivity contribution in [2.24, 2.45) is 11.8 Å². The van der Waals surface area contributed by atoms with Gasteiger partial charge in [0.05, 0.1) is 12.0 Å². The van der Waals surface area contributed by atoms with Crippen molar-refractivity contribution in [3.8, 4) is 0 Å². The third-order valence-electron chi connectivity index (χ3n) is 5.42. The molecule has 0 bridgehead atoms. The van der Waals surface area contributed by atoms with Gasteiger partial charge in [-0.25, -0.2) is 0 Å². The molecule has 1 aromatic heterocycles. The maximum absolute atomic E-state index is 12.7. The first-order chi connectivity index (χ1) is 12.3. The third kappa shape index (κ3) is 4.02. The zero-order valence-electron chi connectivity index (χ0n) is 14.3. The molecule has 1 N–H and O–H groups in total. The largest absolute Gasteiger partial charge is 0.481 e. The lowest BCUT2D eigenvalue weighted by molar-refractivity contribution is -0.146. The molecule has 0 radical (unpaired) electrons. The molecule has 6 nitrogen and oxygen atoms in total. The number of carbonyl (C=O) groups is 2. The maximum atomic E-state index is 12.7. The van der Waals surface area contributed by atoms with E-state index in [0.717, 1.165) is 12.5 Å². The highest BCUT2D eigenvalue weighted by Crippen LogP contribution is 2.33. The van der Waals surface area contributed by atoms with Crippen molar-refractivity contribution in [1.29, 1.82) is 0 Å². The van der Waals surface area contributed by atoms with Crippen LogP contribution in [-0.2, 0) is 15.8 Å². The first-order valence-corrected chi connectivity index (χ1v) is 8.89. The molecule has 26 heavy (non-hydrogen) atoms. The van der Waals surface area contributed by atoms with Gasteiger partial charge in [0.15, 0.2) is 5.69 Å². The second-order valence-corrected chi connectivity index (χ2v) is 7.13. The predicted molar refractivity (Wildman–Crippen MR) is 85.2 cm³/mol. The molecule has 1 saturated carbocycles. The number of aliphatic carboxylic acids is 1. The van der Waals surface area contributed by atoms with Gasteiger partial charge in [-0.05, 0) is 38.2 Å². The van der Waals surface area contributed by atoms with Gasteiger partial charge in [0.25, 0.3) is 0 Å². The van der Waals surface area contributed by atoms with Gasteiger partial charge in [-0.15, -0.1) is 0 Å². The lowest BCUT2D eigenvalue weighted by atomic mass is 9.80. The number of hydrogen-bond acceptors (Lipinski definition) is 3. The van der Waals surface area contributed by atoms with E-state index in [-0.39, 0.29) is 17.9 Å². The Balaban J connectivity index is 1.55. The molecule has 2 atom stereocenters. The van der Waals surface area contributed by atoms with Gasteiger partial charge < -0.3 is 10.0 Å². The predicted octanol–water partition coefficient (Wildman–Crippen LogP) is 2.96. The number of carboxylic acids is 1. The van der Waals surface area contributed by atoms with E-state index < -0.39 is 23.8 Å². The number of aromatic nitrogens is 2. The summed E-state index contributed by atoms with van der Waals surface area (Å²) in [5.74, 6) is -1.59. The average molecular weight is 373 g/mol. The van der Waals surface area contributed by atoms with Gasteiger partial charge in [0.2, 0.25) is 5.91 Å². The summed E-state index contributed by atoms with van der Waals surface area (Å²) in [5, 5.41) is 12.8. The van der Waals surface area contributed by atoms with Crippen molar-refractivity contribution in [1.82, 2.24) is 14.7 Å². The Morgan fingerprint density at radius 2 is 1.77 bits per heavy atom. The van der Waals surface area contributed by atoms with Crippen LogP contribution in [0.3, 0.4) is 0 Å². The van der Waals surface area contributed by atoms with Gasteiger partial charge >= 0.3 is 12.1 Å². The number of hydrogen-bond donors (Lipinski definition) is 1. The number of alkyl halides is 3. The summed E-state index contributed by atoms with van der Waals surface area (Å²) < 4.78 is 39.3. The smallest absolute Gasteiger partial charge is 0.435 e. The zero-order chi connectivity index (χ0) is 18.9. The van der Waals surface area contributed by atoms with E-state index in [0.29, 0.717) is 45.2 Å². The second-order valence-electron chi connectivity index (χ2n) is 7.13. The fraction of sp³-hybridized carbons (Fsp3) is 0.706. The SMILES string of the molecule is O=C(O)C1CCCC(C(=O)N2CCC(n3ccc(C(F)(F)F)n3)CC2)C1. The van der Waals surface area contributed by atoms with Gasteiger partial charge in [-0.3, -0.25) is 14.3 Å². The van der Waals surface area contributed by atoms with Crippen molar-refractivity contribution in [2.45, 2.75) is 50.7 Å². The number of piperidine rings is 1. The van der Waals surface area contributed by atoms with Crippen LogP contribution in [0.5, 0.6) is 0 Å². The summed E-state index contributed by atoms with van der Waals surface area (Å²) in [7, 11) is 0. The van der Waals surface area contributed by atoms with E-state index in [4.69, 9.17) is 5.11 Å². The van der Waals surface area contributed by atoms with Crippen molar-refractivity contribution < 1.29 is 27.9 Å². The third-order valence-corrected chi connectivity index (χ3v) is 5.42. The normalized spacial score (nSPS) is 25.3. The molecule has 2 unspecified atom stereocenters. The molecule has 2 heterocycles. The highest BCUT2D eigenvalue weighted by atomic mass is 19.4. The number of carboxylic acid groups (broad SMARTS) is 1. The molecular formula is C17H22F3N3O3. The Labute approximate surface area is 149 Å². The first kappa shape index (κ1) is 18.7. The van der Waals surface area contributed by atoms with Gasteiger partial charge in [-0.1, -0.05) is 6.42 Å². The molecule has 2 fully saturated rings. The molecule has 1 aromatic rings. The Morgan fingerprint density at radius 3 is 2.35 bits per heavy atom. The number of halogens is 3. The zero-order valence-corrected chi connectivity index (χ0v) is 14.3. The summed E-state index contributed by atoms with van der Waals surface area (Å²) in [6.45, 7) is 0.915. The number of carbonyl (C=O) groups excluding carboxylic acids is 1. The summed E-state index contributed by atoms with van der Waals surface area (Å²) in [6, 6.07) is 0.805. The lowest BCUT2D eigenvalue weighted by Gasteiger charge is -2.36. The number of likely N-dealkylation sites (tertiary alicyclic amines) is 1. The van der Waals surface area contributed by atoms with E-state index in [9.17, 15) is 22.8 Å². The summed E-state index contributed by atoms with van der Waals surface area (Å²) in [6.07, 6.45) is 0.394. The van der Waals surface area contributed by atoms with Crippen LogP contribution in [0.2, 0.25) is 0 Å². The topological polar surface area (TPSA) is 75.4 Å². The summed E-state index contributed by atoms with van der Waals surface area (Å²) in [4.78, 5) is 25.5. The number of amides is 1. The Morgan fingerprint density at radius 1 is 1.12 bits per heavy atom. The van der Waals surface area contributed by atoms with Crippen molar-refractivity contribution in [3.05, 3.63) is 18.0 Å². The molecule has 3 rings (SSSR count). The maximum Gasteiger partial charge on any atom is 0.435 e. The fourth-order valence-electron chi connectivity index (χ4n) is 3.94. The van der Waals surface area contributed by atoms with Crippen molar-refractivity contribution >= 4 is 11.9 Å². The lowest BCUT2D eigenvalue weighted by Crippen LogP contribution is -2.43. The summed E-state index contributed by atoms with van der Waals surface area (Å²) >= 11 is 0. The quantitative estimate of drug-likeness (QED) is 0.884. The average Bonchev–Trinajstić information content (AvgIpc) is 3.12. The molecule has 2 aliphatic rings. The Hall–Kier alpha value is -2.06. The van der Waals surface area contributed by atoms with Gasteiger partial charge in [0.1, 0.15) is 0 Å². The standard InChI is InChI=1S/C17H22F3N3O3/c18-17(19,20)14-6-9-23(21-14)13-4-7-22(8-5-13)15(24)11-2-1-3-12(10-11)16(25)26/h6,9,11-13H,1-5,7-8,10H2,(H,25,26). The van der Waals surface area contributed by atoms with Crippen LogP contribution in [0.1, 0.15) is 50.3 Å². The minimum atomic E-state index is -4.45. The highest BCUT2D eigenvalue weighted by Gasteiger charge is 2.36. The minimum Gasteiger partial charge on any atom is -0.481 e. The van der Waals surface area contributed by atoms with Crippen LogP contribution in [0.25, 0.3) is 0 Å². The molecule has 1 saturated heterocycles. The molecule has 1 amide bonds. The highest BCUT2D eigenvalue weighted by molar-refractivity contribution is 5.80. The van der Waals surface area contributed by atoms with Crippen molar-refractivity contribution in [3.63, 3.8) is 0 Å². The molecule has 9 heteroatoms. The molecule has 0 spiro atoms. The van der Waals surface area contributed by atoms with Crippen LogP contribution in [0.4, 0.5) is 13.2 Å². The van der Waals surface area contributed by atoms with Crippen LogP contribution < -0.4 is 0 Å². The molecule has 0 aromatic carbocycles. The van der Waals surface area contributed by atoms with E-state index in [2.05, 4.69) is 5.10 Å². The molecule has 144 valence electrons. The van der Waals surface area contributed by atoms with E-state index in [1.165, 1.54) is 10.9 Å². The first-order valence-electron chi connectivity index (χ1n) is 8.89. The van der Waals surface area contributed by atoms with Gasteiger partial charge in [0, 0.05) is 25.2 Å².